The van der Waals surface area contributed by atoms with Crippen LogP contribution in [0.5, 0.6) is 0 Å². The summed E-state index contributed by atoms with van der Waals surface area (Å²) in [6.45, 7) is 4.44. The first kappa shape index (κ1) is 14.1. The summed E-state index contributed by atoms with van der Waals surface area (Å²) >= 11 is 5.50. The van der Waals surface area contributed by atoms with Crippen molar-refractivity contribution in [3.63, 3.8) is 0 Å². The lowest BCUT2D eigenvalue weighted by atomic mass is 10.1. The minimum atomic E-state index is 0.404. The highest BCUT2D eigenvalue weighted by atomic mass is 79.9. The number of hydrogen-bond acceptors (Lipinski definition) is 2. The molecule has 0 fully saturated rings. The fourth-order valence-corrected chi connectivity index (χ4v) is 3.07. The fraction of sp³-hybridized carbons (Fsp3) is 0.538. The maximum Gasteiger partial charge on any atom is 0.0300 e. The van der Waals surface area contributed by atoms with Gasteiger partial charge in [0.05, 0.1) is 0 Å². The molecule has 1 rings (SSSR count). The maximum absolute atomic E-state index is 3.54. The monoisotopic (exact) mass is 301 g/mol. The van der Waals surface area contributed by atoms with Gasteiger partial charge in [-0.25, -0.2) is 0 Å². The quantitative estimate of drug-likeness (QED) is 0.608. The Kier molecular flexibility index (Phi) is 6.47. The van der Waals surface area contributed by atoms with Gasteiger partial charge < -0.3 is 5.32 Å². The van der Waals surface area contributed by atoms with Crippen molar-refractivity contribution in [2.45, 2.75) is 37.6 Å². The normalized spacial score (nSPS) is 12.8. The van der Waals surface area contributed by atoms with E-state index < -0.39 is 0 Å². The van der Waals surface area contributed by atoms with Gasteiger partial charge >= 0.3 is 0 Å². The second kappa shape index (κ2) is 7.36. The van der Waals surface area contributed by atoms with E-state index in [0.717, 1.165) is 4.47 Å². The zero-order valence-electron chi connectivity index (χ0n) is 10.2. The minimum absolute atomic E-state index is 0.404. The molecule has 16 heavy (non-hydrogen) atoms. The van der Waals surface area contributed by atoms with E-state index in [1.807, 2.05) is 18.8 Å². The van der Waals surface area contributed by atoms with Crippen LogP contribution in [0.25, 0.3) is 0 Å². The first-order chi connectivity index (χ1) is 7.69. The molecule has 0 spiro atoms. The van der Waals surface area contributed by atoms with Gasteiger partial charge in [0.2, 0.25) is 0 Å². The lowest BCUT2D eigenvalue weighted by Gasteiger charge is -2.16. The summed E-state index contributed by atoms with van der Waals surface area (Å²) in [5.41, 5.74) is 1.39. The van der Waals surface area contributed by atoms with E-state index in [4.69, 9.17) is 0 Å². The second-order valence-corrected chi connectivity index (χ2v) is 5.95. The summed E-state index contributed by atoms with van der Waals surface area (Å²) in [4.78, 5) is 1.40. The molecule has 0 heterocycles. The van der Waals surface area contributed by atoms with E-state index in [9.17, 15) is 0 Å². The molecule has 0 aliphatic carbocycles. The molecule has 1 aromatic carbocycles. The number of unbranched alkanes of at least 4 members (excludes halogenated alkanes) is 1. The maximum atomic E-state index is 3.54. The van der Waals surface area contributed by atoms with Crippen LogP contribution in [0.1, 0.15) is 38.3 Å². The lowest BCUT2D eigenvalue weighted by Crippen LogP contribution is -2.13. The molecule has 0 saturated heterocycles. The molecule has 0 amide bonds. The molecule has 0 bridgehead atoms. The predicted octanol–water partition coefficient (Wildman–Crippen LogP) is 4.62. The Balaban J connectivity index is 2.80. The molecule has 1 aromatic rings. The Morgan fingerprint density at radius 3 is 2.81 bits per heavy atom. The van der Waals surface area contributed by atoms with Gasteiger partial charge in [-0.3, -0.25) is 0 Å². The highest BCUT2D eigenvalue weighted by Crippen LogP contribution is 2.30. The third-order valence-electron chi connectivity index (χ3n) is 2.63. The van der Waals surface area contributed by atoms with Gasteiger partial charge in [0.25, 0.3) is 0 Å². The minimum Gasteiger partial charge on any atom is -0.313 e. The lowest BCUT2D eigenvalue weighted by molar-refractivity contribution is 0.641. The zero-order valence-corrected chi connectivity index (χ0v) is 12.6. The number of benzene rings is 1. The summed E-state index contributed by atoms with van der Waals surface area (Å²) in [7, 11) is 2.01. The van der Waals surface area contributed by atoms with E-state index in [2.05, 4.69) is 53.3 Å². The summed E-state index contributed by atoms with van der Waals surface area (Å²) in [5, 5.41) is 3.31. The van der Waals surface area contributed by atoms with Crippen LogP contribution in [0.2, 0.25) is 0 Å². The van der Waals surface area contributed by atoms with Crippen molar-refractivity contribution in [3.05, 3.63) is 28.2 Å². The fourth-order valence-electron chi connectivity index (χ4n) is 1.47. The van der Waals surface area contributed by atoms with Gasteiger partial charge in [-0.05, 0) is 49.9 Å². The van der Waals surface area contributed by atoms with Crippen LogP contribution >= 0.6 is 27.7 Å². The SMILES string of the molecule is CCCCSc1ccc(Br)cc1C(C)NC. The van der Waals surface area contributed by atoms with Crippen molar-refractivity contribution < 1.29 is 0 Å². The van der Waals surface area contributed by atoms with E-state index >= 15 is 0 Å². The number of rotatable bonds is 6. The molecule has 3 heteroatoms. The topological polar surface area (TPSA) is 12.0 Å². The Morgan fingerprint density at radius 2 is 2.19 bits per heavy atom. The number of hydrogen-bond donors (Lipinski definition) is 1. The third kappa shape index (κ3) is 4.11. The molecule has 1 atom stereocenters. The van der Waals surface area contributed by atoms with E-state index in [1.165, 1.54) is 29.1 Å². The highest BCUT2D eigenvalue weighted by molar-refractivity contribution is 9.10. The first-order valence-corrected chi connectivity index (χ1v) is 7.56. The first-order valence-electron chi connectivity index (χ1n) is 5.78. The Bertz CT molecular complexity index is 328. The molecule has 1 nitrogen and oxygen atoms in total. The molecule has 0 saturated carbocycles. The van der Waals surface area contributed by atoms with Crippen LogP contribution in [0.3, 0.4) is 0 Å². The number of thioether (sulfide) groups is 1. The smallest absolute Gasteiger partial charge is 0.0300 e. The summed E-state index contributed by atoms with van der Waals surface area (Å²) in [6, 6.07) is 6.96. The van der Waals surface area contributed by atoms with Crippen molar-refractivity contribution in [1.82, 2.24) is 5.32 Å². The third-order valence-corrected chi connectivity index (χ3v) is 4.30. The van der Waals surface area contributed by atoms with Gasteiger partial charge in [-0.15, -0.1) is 11.8 Å². The van der Waals surface area contributed by atoms with Crippen molar-refractivity contribution in [1.29, 1.82) is 0 Å². The molecule has 0 radical (unpaired) electrons. The molecule has 0 aliphatic heterocycles. The number of nitrogens with one attached hydrogen (secondary N) is 1. The van der Waals surface area contributed by atoms with Gasteiger partial charge in [0, 0.05) is 15.4 Å². The molecular weight excluding hydrogens is 282 g/mol. The van der Waals surface area contributed by atoms with Crippen molar-refractivity contribution >= 4 is 27.7 Å². The van der Waals surface area contributed by atoms with E-state index in [1.54, 1.807) is 0 Å². The van der Waals surface area contributed by atoms with Crippen molar-refractivity contribution in [2.75, 3.05) is 12.8 Å². The summed E-state index contributed by atoms with van der Waals surface area (Å²) in [5.74, 6) is 1.21. The standard InChI is InChI=1S/C13H20BrNS/c1-4-5-8-16-13-7-6-11(14)9-12(13)10(2)15-3/h6-7,9-10,15H,4-5,8H2,1-3H3. The van der Waals surface area contributed by atoms with Crippen molar-refractivity contribution in [2.24, 2.45) is 0 Å². The van der Waals surface area contributed by atoms with E-state index in [-0.39, 0.29) is 0 Å². The van der Waals surface area contributed by atoms with Crippen LogP contribution in [0.15, 0.2) is 27.6 Å². The van der Waals surface area contributed by atoms with Crippen LogP contribution in [0.4, 0.5) is 0 Å². The average Bonchev–Trinajstić information content (AvgIpc) is 2.30. The second-order valence-electron chi connectivity index (χ2n) is 3.89. The van der Waals surface area contributed by atoms with Gasteiger partial charge in [0.1, 0.15) is 0 Å². The average molecular weight is 302 g/mol. The summed E-state index contributed by atoms with van der Waals surface area (Å²) < 4.78 is 1.16. The highest BCUT2D eigenvalue weighted by Gasteiger charge is 2.09. The molecule has 0 aliphatic rings. The van der Waals surface area contributed by atoms with Gasteiger partial charge in [0.15, 0.2) is 0 Å². The largest absolute Gasteiger partial charge is 0.313 e. The van der Waals surface area contributed by atoms with Crippen LogP contribution < -0.4 is 5.32 Å². The Hall–Kier alpha value is 0.01000. The van der Waals surface area contributed by atoms with E-state index in [0.29, 0.717) is 6.04 Å². The predicted molar refractivity (Wildman–Crippen MR) is 77.2 cm³/mol. The molecule has 1 N–H and O–H groups in total. The van der Waals surface area contributed by atoms with Crippen molar-refractivity contribution in [3.8, 4) is 0 Å². The Labute approximate surface area is 112 Å². The van der Waals surface area contributed by atoms with Crippen LogP contribution in [-0.2, 0) is 0 Å². The van der Waals surface area contributed by atoms with Gasteiger partial charge in [-0.2, -0.15) is 0 Å². The number of halogens is 1. The van der Waals surface area contributed by atoms with Gasteiger partial charge in [-0.1, -0.05) is 29.3 Å². The zero-order chi connectivity index (χ0) is 12.0. The van der Waals surface area contributed by atoms with Crippen LogP contribution in [-0.4, -0.2) is 12.8 Å². The Morgan fingerprint density at radius 1 is 1.44 bits per heavy atom. The molecule has 90 valence electrons. The summed E-state index contributed by atoms with van der Waals surface area (Å²) in [6.07, 6.45) is 2.55. The van der Waals surface area contributed by atoms with Crippen LogP contribution in [0, 0.1) is 0 Å². The molecule has 0 aromatic heterocycles. The molecular formula is C13H20BrNS. The molecule has 1 unspecified atom stereocenters.